The third kappa shape index (κ3) is 2.99. The minimum atomic E-state index is 0.187. The molecular formula is C15H31N3. The van der Waals surface area contributed by atoms with Gasteiger partial charge < -0.3 is 10.2 Å². The molecule has 0 radical (unpaired) electrons. The fourth-order valence-electron chi connectivity index (χ4n) is 2.41. The second-order valence-corrected chi connectivity index (χ2v) is 7.04. The summed E-state index contributed by atoms with van der Waals surface area (Å²) in [5, 5.41) is 3.50. The maximum Gasteiger partial charge on any atom is 0.194 e. The van der Waals surface area contributed by atoms with Crippen molar-refractivity contribution in [2.75, 3.05) is 20.1 Å². The summed E-state index contributed by atoms with van der Waals surface area (Å²) in [6.07, 6.45) is 2.49. The zero-order valence-electron chi connectivity index (χ0n) is 13.3. The summed E-state index contributed by atoms with van der Waals surface area (Å²) in [5.74, 6) is 1.84. The van der Waals surface area contributed by atoms with E-state index in [1.807, 2.05) is 7.05 Å². The molecule has 0 aromatic carbocycles. The molecule has 0 aromatic heterocycles. The first-order valence-electron chi connectivity index (χ1n) is 7.20. The molecule has 3 heteroatoms. The van der Waals surface area contributed by atoms with Crippen LogP contribution < -0.4 is 5.32 Å². The summed E-state index contributed by atoms with van der Waals surface area (Å²) in [6, 6.07) is 0. The molecular weight excluding hydrogens is 222 g/mol. The largest absolute Gasteiger partial charge is 0.356 e. The fraction of sp³-hybridized carbons (Fsp3) is 0.933. The lowest BCUT2D eigenvalue weighted by molar-refractivity contribution is -0.0667. The number of aliphatic imine (C=N–C) groups is 1. The predicted molar refractivity (Wildman–Crippen MR) is 80.0 cm³/mol. The van der Waals surface area contributed by atoms with E-state index in [1.165, 1.54) is 12.8 Å². The lowest BCUT2D eigenvalue weighted by atomic mass is 9.65. The first kappa shape index (κ1) is 15.3. The Morgan fingerprint density at radius 1 is 1.28 bits per heavy atom. The molecule has 1 fully saturated rings. The Hall–Kier alpha value is -0.730. The van der Waals surface area contributed by atoms with Gasteiger partial charge in [0.25, 0.3) is 0 Å². The third-order valence-corrected chi connectivity index (χ3v) is 4.59. The minimum absolute atomic E-state index is 0.187. The molecule has 1 saturated heterocycles. The van der Waals surface area contributed by atoms with E-state index in [2.05, 4.69) is 56.8 Å². The first-order valence-corrected chi connectivity index (χ1v) is 7.20. The van der Waals surface area contributed by atoms with Gasteiger partial charge in [0, 0.05) is 31.1 Å². The first-order chi connectivity index (χ1) is 8.22. The molecule has 1 heterocycles. The summed E-state index contributed by atoms with van der Waals surface area (Å²) in [6.45, 7) is 15.9. The van der Waals surface area contributed by atoms with Crippen molar-refractivity contribution in [3.05, 3.63) is 0 Å². The number of guanidine groups is 1. The van der Waals surface area contributed by atoms with Crippen LogP contribution in [-0.4, -0.2) is 36.5 Å². The molecule has 0 saturated carbocycles. The zero-order chi connectivity index (χ0) is 14.0. The van der Waals surface area contributed by atoms with Gasteiger partial charge >= 0.3 is 0 Å². The van der Waals surface area contributed by atoms with Gasteiger partial charge in [0.1, 0.15) is 0 Å². The Morgan fingerprint density at radius 2 is 1.89 bits per heavy atom. The van der Waals surface area contributed by atoms with Gasteiger partial charge in [0.15, 0.2) is 5.96 Å². The van der Waals surface area contributed by atoms with Crippen molar-refractivity contribution < 1.29 is 0 Å². The summed E-state index contributed by atoms with van der Waals surface area (Å²) in [7, 11) is 1.88. The smallest absolute Gasteiger partial charge is 0.194 e. The third-order valence-electron chi connectivity index (χ3n) is 4.59. The van der Waals surface area contributed by atoms with Gasteiger partial charge in [0.05, 0.1) is 0 Å². The van der Waals surface area contributed by atoms with E-state index in [0.717, 1.165) is 25.0 Å². The summed E-state index contributed by atoms with van der Waals surface area (Å²) in [5.41, 5.74) is 0.551. The molecule has 1 aliphatic rings. The maximum atomic E-state index is 4.42. The Bertz CT molecular complexity index is 303. The van der Waals surface area contributed by atoms with Crippen LogP contribution in [0.5, 0.6) is 0 Å². The SMILES string of the molecule is CN=C(NCCCC(C)C)N1CC(C)(C)C1(C)C. The molecule has 0 aliphatic carbocycles. The predicted octanol–water partition coefficient (Wildman–Crippen LogP) is 3.12. The minimum Gasteiger partial charge on any atom is -0.356 e. The van der Waals surface area contributed by atoms with Gasteiger partial charge in [-0.15, -0.1) is 0 Å². The van der Waals surface area contributed by atoms with Gasteiger partial charge in [-0.2, -0.15) is 0 Å². The summed E-state index contributed by atoms with van der Waals surface area (Å²) < 4.78 is 0. The van der Waals surface area contributed by atoms with Crippen molar-refractivity contribution in [3.63, 3.8) is 0 Å². The molecule has 0 amide bonds. The highest BCUT2D eigenvalue weighted by molar-refractivity contribution is 5.81. The lowest BCUT2D eigenvalue weighted by Crippen LogP contribution is -2.72. The van der Waals surface area contributed by atoms with Crippen molar-refractivity contribution in [2.24, 2.45) is 16.3 Å². The van der Waals surface area contributed by atoms with E-state index in [4.69, 9.17) is 0 Å². The highest BCUT2D eigenvalue weighted by atomic mass is 15.4. The van der Waals surface area contributed by atoms with E-state index in [0.29, 0.717) is 5.41 Å². The van der Waals surface area contributed by atoms with E-state index in [1.54, 1.807) is 0 Å². The van der Waals surface area contributed by atoms with Gasteiger partial charge in [-0.05, 0) is 32.6 Å². The zero-order valence-corrected chi connectivity index (χ0v) is 13.3. The van der Waals surface area contributed by atoms with Crippen molar-refractivity contribution in [3.8, 4) is 0 Å². The monoisotopic (exact) mass is 253 g/mol. The lowest BCUT2D eigenvalue weighted by Gasteiger charge is -2.62. The molecule has 0 atom stereocenters. The highest BCUT2D eigenvalue weighted by Gasteiger charge is 2.53. The topological polar surface area (TPSA) is 27.6 Å². The molecule has 0 spiro atoms. The van der Waals surface area contributed by atoms with Gasteiger partial charge in [-0.25, -0.2) is 0 Å². The number of hydrogen-bond acceptors (Lipinski definition) is 1. The van der Waals surface area contributed by atoms with Crippen molar-refractivity contribution >= 4 is 5.96 Å². The number of rotatable bonds is 4. The molecule has 0 bridgehead atoms. The molecule has 1 rings (SSSR count). The average molecular weight is 253 g/mol. The van der Waals surface area contributed by atoms with Crippen LogP contribution >= 0.6 is 0 Å². The number of likely N-dealkylation sites (tertiary alicyclic amines) is 1. The molecule has 0 aromatic rings. The van der Waals surface area contributed by atoms with Gasteiger partial charge in [-0.3, -0.25) is 4.99 Å². The van der Waals surface area contributed by atoms with Crippen LogP contribution in [0.3, 0.4) is 0 Å². The molecule has 1 aliphatic heterocycles. The highest BCUT2D eigenvalue weighted by Crippen LogP contribution is 2.46. The van der Waals surface area contributed by atoms with Crippen LogP contribution in [0.15, 0.2) is 4.99 Å². The van der Waals surface area contributed by atoms with E-state index >= 15 is 0 Å². The van der Waals surface area contributed by atoms with Crippen LogP contribution in [0, 0.1) is 11.3 Å². The molecule has 0 unspecified atom stereocenters. The Kier molecular flexibility index (Phi) is 4.68. The van der Waals surface area contributed by atoms with Crippen LogP contribution in [0.2, 0.25) is 0 Å². The van der Waals surface area contributed by atoms with Crippen molar-refractivity contribution in [2.45, 2.75) is 59.9 Å². The van der Waals surface area contributed by atoms with Crippen LogP contribution in [0.4, 0.5) is 0 Å². The number of hydrogen-bond donors (Lipinski definition) is 1. The summed E-state index contributed by atoms with van der Waals surface area (Å²) in [4.78, 5) is 6.81. The van der Waals surface area contributed by atoms with E-state index in [9.17, 15) is 0 Å². The number of nitrogens with zero attached hydrogens (tertiary/aromatic N) is 2. The van der Waals surface area contributed by atoms with Crippen molar-refractivity contribution in [1.29, 1.82) is 0 Å². The molecule has 3 nitrogen and oxygen atoms in total. The molecule has 106 valence electrons. The van der Waals surface area contributed by atoms with Crippen LogP contribution in [0.25, 0.3) is 0 Å². The second kappa shape index (κ2) is 5.50. The Balaban J connectivity index is 2.45. The fourth-order valence-corrected chi connectivity index (χ4v) is 2.41. The number of nitrogens with one attached hydrogen (secondary N) is 1. The van der Waals surface area contributed by atoms with E-state index in [-0.39, 0.29) is 5.54 Å². The maximum absolute atomic E-state index is 4.42. The standard InChI is InChI=1S/C15H31N3/c1-12(2)9-8-10-17-13(16-7)18-11-14(3,4)15(18,5)6/h12H,8-11H2,1-7H3,(H,16,17). The van der Waals surface area contributed by atoms with Crippen molar-refractivity contribution in [1.82, 2.24) is 10.2 Å². The Labute approximate surface area is 113 Å². The van der Waals surface area contributed by atoms with Gasteiger partial charge in [0.2, 0.25) is 0 Å². The Morgan fingerprint density at radius 3 is 2.28 bits per heavy atom. The molecule has 18 heavy (non-hydrogen) atoms. The van der Waals surface area contributed by atoms with Crippen LogP contribution in [0.1, 0.15) is 54.4 Å². The quantitative estimate of drug-likeness (QED) is 0.473. The van der Waals surface area contributed by atoms with E-state index < -0.39 is 0 Å². The summed E-state index contributed by atoms with van der Waals surface area (Å²) >= 11 is 0. The van der Waals surface area contributed by atoms with Crippen LogP contribution in [-0.2, 0) is 0 Å². The second-order valence-electron chi connectivity index (χ2n) is 7.04. The molecule has 1 N–H and O–H groups in total. The normalized spacial score (nSPS) is 22.0. The average Bonchev–Trinajstić information content (AvgIpc) is 2.26. The van der Waals surface area contributed by atoms with Gasteiger partial charge in [-0.1, -0.05) is 27.7 Å².